The maximum absolute atomic E-state index is 5.08. The molecule has 3 atom stereocenters. The van der Waals surface area contributed by atoms with Crippen LogP contribution < -0.4 is 5.32 Å². The van der Waals surface area contributed by atoms with E-state index in [9.17, 15) is 0 Å². The van der Waals surface area contributed by atoms with E-state index in [1.165, 1.54) is 5.70 Å². The van der Waals surface area contributed by atoms with E-state index in [1.54, 1.807) is 0 Å². The largest absolute Gasteiger partial charge is 0.359 e. The fraction of sp³-hybridized carbons (Fsp3) is 0.550. The molecule has 0 bridgehead atoms. The molecule has 0 aromatic heterocycles. The topological polar surface area (TPSA) is 30.9 Å². The maximum Gasteiger partial charge on any atom is 0.152 e. The molecule has 3 aliphatic rings. The van der Waals surface area contributed by atoms with Crippen LogP contribution in [0.5, 0.6) is 0 Å². The fourth-order valence-corrected chi connectivity index (χ4v) is 3.77. The van der Waals surface area contributed by atoms with E-state index < -0.39 is 0 Å². The highest BCUT2D eigenvalue weighted by molar-refractivity contribution is 6.00. The third-order valence-electron chi connectivity index (χ3n) is 5.16. The standard InChI is InChI=1S/C20H30N4/c1-5-12-23-14-17-19(24(15-23)13-6-2)22-18(21-17)16-10-8-9-11-20(16,4)7-3/h7-11,14,16,18,21H,3,5-6,12-13,15H2,1-2,4H3/t16?,18?,20-/m0/s1. The first-order valence-electron chi connectivity index (χ1n) is 9.16. The van der Waals surface area contributed by atoms with Gasteiger partial charge < -0.3 is 15.1 Å². The van der Waals surface area contributed by atoms with Crippen molar-refractivity contribution in [3.05, 3.63) is 48.9 Å². The third kappa shape index (κ3) is 3.02. The number of aliphatic imine (C=N–C) groups is 1. The first-order valence-corrected chi connectivity index (χ1v) is 9.16. The van der Waals surface area contributed by atoms with E-state index in [-0.39, 0.29) is 17.5 Å². The molecule has 2 heterocycles. The third-order valence-corrected chi connectivity index (χ3v) is 5.16. The Labute approximate surface area is 146 Å². The van der Waals surface area contributed by atoms with Crippen LogP contribution >= 0.6 is 0 Å². The van der Waals surface area contributed by atoms with Gasteiger partial charge in [0.05, 0.1) is 12.4 Å². The molecule has 130 valence electrons. The highest BCUT2D eigenvalue weighted by Crippen LogP contribution is 2.39. The maximum atomic E-state index is 5.08. The van der Waals surface area contributed by atoms with Gasteiger partial charge in [0, 0.05) is 30.6 Å². The van der Waals surface area contributed by atoms with E-state index in [4.69, 9.17) is 4.99 Å². The molecule has 2 unspecified atom stereocenters. The molecule has 0 spiro atoms. The number of amidine groups is 1. The summed E-state index contributed by atoms with van der Waals surface area (Å²) >= 11 is 0. The Balaban J connectivity index is 1.87. The second-order valence-corrected chi connectivity index (χ2v) is 7.14. The molecule has 1 N–H and O–H groups in total. The summed E-state index contributed by atoms with van der Waals surface area (Å²) in [6.45, 7) is 13.8. The Morgan fingerprint density at radius 1 is 1.33 bits per heavy atom. The Morgan fingerprint density at radius 3 is 2.83 bits per heavy atom. The number of nitrogens with one attached hydrogen (secondary N) is 1. The fourth-order valence-electron chi connectivity index (χ4n) is 3.77. The molecule has 0 amide bonds. The SMILES string of the molecule is C=C[C@@]1(C)C=CC=CC1C1N=C2C(=CN(CCC)CN2CCC)N1. The van der Waals surface area contributed by atoms with Crippen molar-refractivity contribution in [2.75, 3.05) is 19.8 Å². The van der Waals surface area contributed by atoms with Crippen LogP contribution in [0.2, 0.25) is 0 Å². The molecule has 1 aliphatic carbocycles. The lowest BCUT2D eigenvalue weighted by atomic mass is 9.73. The quantitative estimate of drug-likeness (QED) is 0.758. The number of rotatable bonds is 6. The number of hydrogen-bond donors (Lipinski definition) is 1. The molecule has 3 rings (SSSR count). The first kappa shape index (κ1) is 16.9. The summed E-state index contributed by atoms with van der Waals surface area (Å²) in [4.78, 5) is 9.88. The Morgan fingerprint density at radius 2 is 2.12 bits per heavy atom. The number of nitrogens with zero attached hydrogens (tertiary/aromatic N) is 3. The van der Waals surface area contributed by atoms with Crippen LogP contribution in [0.3, 0.4) is 0 Å². The Bertz CT molecular complexity index is 601. The Kier molecular flexibility index (Phi) is 4.83. The second-order valence-electron chi connectivity index (χ2n) is 7.14. The van der Waals surface area contributed by atoms with Crippen LogP contribution in [-0.4, -0.2) is 41.6 Å². The average molecular weight is 326 g/mol. The van der Waals surface area contributed by atoms with Gasteiger partial charge in [-0.25, -0.2) is 4.99 Å². The van der Waals surface area contributed by atoms with Crippen LogP contribution in [0.4, 0.5) is 0 Å². The van der Waals surface area contributed by atoms with E-state index in [2.05, 4.69) is 73.0 Å². The predicted octanol–water partition coefficient (Wildman–Crippen LogP) is 3.49. The van der Waals surface area contributed by atoms with Gasteiger partial charge in [-0.1, -0.05) is 51.2 Å². The van der Waals surface area contributed by atoms with Gasteiger partial charge in [0.25, 0.3) is 0 Å². The first-order chi connectivity index (χ1) is 11.6. The minimum Gasteiger partial charge on any atom is -0.359 e. The summed E-state index contributed by atoms with van der Waals surface area (Å²) in [7, 11) is 0. The summed E-state index contributed by atoms with van der Waals surface area (Å²) in [5.41, 5.74) is 1.10. The van der Waals surface area contributed by atoms with Crippen molar-refractivity contribution in [3.8, 4) is 0 Å². The molecule has 24 heavy (non-hydrogen) atoms. The minimum absolute atomic E-state index is 0.0661. The van der Waals surface area contributed by atoms with Crippen LogP contribution in [0, 0.1) is 11.3 Å². The van der Waals surface area contributed by atoms with Crippen molar-refractivity contribution in [2.45, 2.75) is 39.8 Å². The summed E-state index contributed by atoms with van der Waals surface area (Å²) in [5, 5.41) is 3.67. The van der Waals surface area contributed by atoms with Gasteiger partial charge in [-0.2, -0.15) is 0 Å². The minimum atomic E-state index is -0.0662. The van der Waals surface area contributed by atoms with Gasteiger partial charge in [0.2, 0.25) is 0 Å². The van der Waals surface area contributed by atoms with Crippen LogP contribution in [0.15, 0.2) is 53.8 Å². The second kappa shape index (κ2) is 6.88. The van der Waals surface area contributed by atoms with Crippen molar-refractivity contribution in [2.24, 2.45) is 16.3 Å². The van der Waals surface area contributed by atoms with Crippen LogP contribution in [0.1, 0.15) is 33.6 Å². The van der Waals surface area contributed by atoms with Crippen molar-refractivity contribution >= 4 is 5.84 Å². The van der Waals surface area contributed by atoms with Gasteiger partial charge in [-0.05, 0) is 12.8 Å². The summed E-state index contributed by atoms with van der Waals surface area (Å²) in [6.07, 6.45) is 15.4. The lowest BCUT2D eigenvalue weighted by Crippen LogP contribution is -2.46. The zero-order valence-corrected chi connectivity index (χ0v) is 15.2. The van der Waals surface area contributed by atoms with Gasteiger partial charge in [0.15, 0.2) is 5.84 Å². The van der Waals surface area contributed by atoms with Gasteiger partial charge >= 0.3 is 0 Å². The number of fused-ring (bicyclic) bond motifs is 1. The molecule has 0 aromatic carbocycles. The molecule has 0 fully saturated rings. The van der Waals surface area contributed by atoms with Crippen molar-refractivity contribution in [1.29, 1.82) is 0 Å². The molecular formula is C20H30N4. The van der Waals surface area contributed by atoms with E-state index in [1.807, 2.05) is 6.08 Å². The van der Waals surface area contributed by atoms with Crippen molar-refractivity contribution in [1.82, 2.24) is 15.1 Å². The van der Waals surface area contributed by atoms with Crippen molar-refractivity contribution < 1.29 is 0 Å². The summed E-state index contributed by atoms with van der Waals surface area (Å²) in [6, 6.07) is 0. The van der Waals surface area contributed by atoms with Gasteiger partial charge in [-0.3, -0.25) is 0 Å². The summed E-state index contributed by atoms with van der Waals surface area (Å²) < 4.78 is 0. The number of hydrogen-bond acceptors (Lipinski definition) is 4. The lowest BCUT2D eigenvalue weighted by Gasteiger charge is -2.36. The molecular weight excluding hydrogens is 296 g/mol. The highest BCUT2D eigenvalue weighted by Gasteiger charge is 2.40. The molecule has 2 aliphatic heterocycles. The van der Waals surface area contributed by atoms with Crippen LogP contribution in [-0.2, 0) is 0 Å². The van der Waals surface area contributed by atoms with E-state index in [0.717, 1.165) is 38.4 Å². The monoisotopic (exact) mass is 326 g/mol. The Hall–Kier alpha value is -1.97. The molecule has 4 nitrogen and oxygen atoms in total. The van der Waals surface area contributed by atoms with Gasteiger partial charge in [-0.15, -0.1) is 6.58 Å². The molecule has 0 saturated carbocycles. The smallest absolute Gasteiger partial charge is 0.152 e. The zero-order chi connectivity index (χ0) is 17.2. The lowest BCUT2D eigenvalue weighted by molar-refractivity contribution is 0.235. The zero-order valence-electron chi connectivity index (χ0n) is 15.2. The highest BCUT2D eigenvalue weighted by atomic mass is 15.4. The van der Waals surface area contributed by atoms with Crippen LogP contribution in [0.25, 0.3) is 0 Å². The molecule has 4 heteroatoms. The molecule has 0 saturated heterocycles. The molecule has 0 radical (unpaired) electrons. The number of allylic oxidation sites excluding steroid dienone is 4. The van der Waals surface area contributed by atoms with Gasteiger partial charge in [0.1, 0.15) is 6.17 Å². The van der Waals surface area contributed by atoms with E-state index in [0.29, 0.717) is 0 Å². The van der Waals surface area contributed by atoms with Crippen molar-refractivity contribution in [3.63, 3.8) is 0 Å². The predicted molar refractivity (Wildman–Crippen MR) is 101 cm³/mol. The normalized spacial score (nSPS) is 31.5. The molecule has 0 aromatic rings. The van der Waals surface area contributed by atoms with E-state index >= 15 is 0 Å². The average Bonchev–Trinajstić information content (AvgIpc) is 3.00. The summed E-state index contributed by atoms with van der Waals surface area (Å²) in [5.74, 6) is 1.41.